The number of amides is 2. The van der Waals surface area contributed by atoms with E-state index in [0.717, 1.165) is 17.7 Å². The third-order valence-corrected chi connectivity index (χ3v) is 3.63. The molecule has 2 aromatic rings. The van der Waals surface area contributed by atoms with Gasteiger partial charge in [0.15, 0.2) is 0 Å². The van der Waals surface area contributed by atoms with Crippen LogP contribution >= 0.6 is 0 Å². The highest BCUT2D eigenvalue weighted by Gasteiger charge is 2.15. The van der Waals surface area contributed by atoms with Crippen LogP contribution in [0.3, 0.4) is 0 Å². The molecular formula is C18H18F2N2O3. The van der Waals surface area contributed by atoms with Gasteiger partial charge in [-0.1, -0.05) is 24.3 Å². The third kappa shape index (κ3) is 5.09. The number of rotatable bonds is 6. The van der Waals surface area contributed by atoms with Gasteiger partial charge in [0.1, 0.15) is 11.6 Å². The lowest BCUT2D eigenvalue weighted by Gasteiger charge is -2.14. The molecule has 0 aromatic heterocycles. The quantitative estimate of drug-likeness (QED) is 0.746. The second-order valence-electron chi connectivity index (χ2n) is 5.48. The van der Waals surface area contributed by atoms with E-state index in [9.17, 15) is 23.5 Å². The van der Waals surface area contributed by atoms with E-state index >= 15 is 0 Å². The van der Waals surface area contributed by atoms with Gasteiger partial charge in [-0.15, -0.1) is 0 Å². The van der Waals surface area contributed by atoms with Crippen LogP contribution in [-0.2, 0) is 4.79 Å². The average molecular weight is 348 g/mol. The van der Waals surface area contributed by atoms with Crippen molar-refractivity contribution in [3.63, 3.8) is 0 Å². The molecule has 3 N–H and O–H groups in total. The van der Waals surface area contributed by atoms with Gasteiger partial charge in [0.2, 0.25) is 5.91 Å². The summed E-state index contributed by atoms with van der Waals surface area (Å²) < 4.78 is 26.3. The van der Waals surface area contributed by atoms with E-state index in [-0.39, 0.29) is 12.1 Å². The summed E-state index contributed by atoms with van der Waals surface area (Å²) in [5.74, 6) is -3.17. The summed E-state index contributed by atoms with van der Waals surface area (Å²) in [5.41, 5.74) is 1.23. The van der Waals surface area contributed by atoms with Crippen molar-refractivity contribution >= 4 is 11.8 Å². The van der Waals surface area contributed by atoms with Gasteiger partial charge in [0, 0.05) is 12.6 Å². The van der Waals surface area contributed by atoms with E-state index in [0.29, 0.717) is 11.6 Å². The number of carbonyl (C=O) groups is 2. The summed E-state index contributed by atoms with van der Waals surface area (Å²) >= 11 is 0. The Hall–Kier alpha value is -2.80. The van der Waals surface area contributed by atoms with Crippen molar-refractivity contribution < 1.29 is 23.5 Å². The number of aliphatic hydroxyl groups is 1. The van der Waals surface area contributed by atoms with Crippen LogP contribution < -0.4 is 10.6 Å². The standard InChI is InChI=1S/C18H18F2N2O3/c1-11-4-2-3-5-13(11)16(23)9-21-17(24)10-22-18(25)14-7-6-12(19)8-15(14)20/h2-8,16,23H,9-10H2,1H3,(H,21,24)(H,22,25). The summed E-state index contributed by atoms with van der Waals surface area (Å²) in [5, 5.41) is 14.8. The summed E-state index contributed by atoms with van der Waals surface area (Å²) in [4.78, 5) is 23.5. The van der Waals surface area contributed by atoms with Crippen molar-refractivity contribution in [2.75, 3.05) is 13.1 Å². The van der Waals surface area contributed by atoms with Crippen molar-refractivity contribution in [1.82, 2.24) is 10.6 Å². The smallest absolute Gasteiger partial charge is 0.254 e. The number of aliphatic hydroxyl groups excluding tert-OH is 1. The maximum absolute atomic E-state index is 13.5. The Bertz CT molecular complexity index is 781. The molecule has 2 aromatic carbocycles. The number of aryl methyl sites for hydroxylation is 1. The molecular weight excluding hydrogens is 330 g/mol. The number of benzene rings is 2. The average Bonchev–Trinajstić information content (AvgIpc) is 2.58. The molecule has 1 unspecified atom stereocenters. The fraction of sp³-hybridized carbons (Fsp3) is 0.222. The molecule has 0 aliphatic heterocycles. The molecule has 132 valence electrons. The number of nitrogens with one attached hydrogen (secondary N) is 2. The molecule has 0 bridgehead atoms. The predicted octanol–water partition coefficient (Wildman–Crippen LogP) is 1.85. The molecule has 0 radical (unpaired) electrons. The number of hydrogen-bond acceptors (Lipinski definition) is 3. The SMILES string of the molecule is Cc1ccccc1C(O)CNC(=O)CNC(=O)c1ccc(F)cc1F. The van der Waals surface area contributed by atoms with Crippen LogP contribution in [0, 0.1) is 18.6 Å². The van der Waals surface area contributed by atoms with Gasteiger partial charge in [-0.05, 0) is 30.2 Å². The molecule has 2 rings (SSSR count). The van der Waals surface area contributed by atoms with Gasteiger partial charge in [-0.25, -0.2) is 8.78 Å². The predicted molar refractivity (Wildman–Crippen MR) is 87.8 cm³/mol. The topological polar surface area (TPSA) is 78.4 Å². The number of hydrogen-bond donors (Lipinski definition) is 3. The van der Waals surface area contributed by atoms with E-state index < -0.39 is 36.1 Å². The Morgan fingerprint density at radius 1 is 1.12 bits per heavy atom. The second-order valence-corrected chi connectivity index (χ2v) is 5.48. The third-order valence-electron chi connectivity index (χ3n) is 3.63. The lowest BCUT2D eigenvalue weighted by Crippen LogP contribution is -2.38. The number of carbonyl (C=O) groups excluding carboxylic acids is 2. The first-order chi connectivity index (χ1) is 11.9. The molecule has 0 saturated heterocycles. The maximum Gasteiger partial charge on any atom is 0.254 e. The van der Waals surface area contributed by atoms with E-state index in [4.69, 9.17) is 0 Å². The van der Waals surface area contributed by atoms with Gasteiger partial charge >= 0.3 is 0 Å². The molecule has 25 heavy (non-hydrogen) atoms. The van der Waals surface area contributed by atoms with Crippen LogP contribution in [0.5, 0.6) is 0 Å². The van der Waals surface area contributed by atoms with Crippen molar-refractivity contribution in [2.45, 2.75) is 13.0 Å². The van der Waals surface area contributed by atoms with Crippen molar-refractivity contribution in [2.24, 2.45) is 0 Å². The van der Waals surface area contributed by atoms with Crippen LogP contribution in [0.2, 0.25) is 0 Å². The first kappa shape index (κ1) is 18.5. The van der Waals surface area contributed by atoms with Crippen molar-refractivity contribution in [3.8, 4) is 0 Å². The van der Waals surface area contributed by atoms with E-state index in [2.05, 4.69) is 10.6 Å². The summed E-state index contributed by atoms with van der Waals surface area (Å²) in [6.07, 6.45) is -0.879. The summed E-state index contributed by atoms with van der Waals surface area (Å²) in [6, 6.07) is 9.77. The zero-order valence-corrected chi connectivity index (χ0v) is 13.6. The lowest BCUT2D eigenvalue weighted by atomic mass is 10.0. The van der Waals surface area contributed by atoms with Gasteiger partial charge in [-0.2, -0.15) is 0 Å². The Morgan fingerprint density at radius 2 is 1.84 bits per heavy atom. The molecule has 0 aliphatic rings. The second kappa shape index (κ2) is 8.34. The normalized spacial score (nSPS) is 11.7. The monoisotopic (exact) mass is 348 g/mol. The minimum Gasteiger partial charge on any atom is -0.387 e. The van der Waals surface area contributed by atoms with Gasteiger partial charge in [-0.3, -0.25) is 9.59 Å². The molecule has 0 saturated carbocycles. The molecule has 1 atom stereocenters. The van der Waals surface area contributed by atoms with Gasteiger partial charge in [0.25, 0.3) is 5.91 Å². The fourth-order valence-electron chi connectivity index (χ4n) is 2.27. The lowest BCUT2D eigenvalue weighted by molar-refractivity contribution is -0.120. The summed E-state index contributed by atoms with van der Waals surface area (Å²) in [7, 11) is 0. The highest BCUT2D eigenvalue weighted by atomic mass is 19.1. The molecule has 0 spiro atoms. The number of halogens is 2. The Kier molecular flexibility index (Phi) is 6.19. The summed E-state index contributed by atoms with van der Waals surface area (Å²) in [6.45, 7) is 1.43. The highest BCUT2D eigenvalue weighted by molar-refractivity contribution is 5.96. The molecule has 7 heteroatoms. The fourth-order valence-corrected chi connectivity index (χ4v) is 2.27. The van der Waals surface area contributed by atoms with E-state index in [1.54, 1.807) is 12.1 Å². The Morgan fingerprint density at radius 3 is 2.52 bits per heavy atom. The van der Waals surface area contributed by atoms with E-state index in [1.807, 2.05) is 19.1 Å². The Balaban J connectivity index is 1.82. The van der Waals surface area contributed by atoms with Crippen molar-refractivity contribution in [1.29, 1.82) is 0 Å². The largest absolute Gasteiger partial charge is 0.387 e. The van der Waals surface area contributed by atoms with Crippen LogP contribution in [0.25, 0.3) is 0 Å². The zero-order valence-electron chi connectivity index (χ0n) is 13.6. The molecule has 2 amide bonds. The van der Waals surface area contributed by atoms with E-state index in [1.165, 1.54) is 0 Å². The van der Waals surface area contributed by atoms with Crippen LogP contribution in [-0.4, -0.2) is 30.0 Å². The molecule has 0 heterocycles. The first-order valence-electron chi connectivity index (χ1n) is 7.62. The molecule has 0 aliphatic carbocycles. The molecule has 0 fully saturated rings. The van der Waals surface area contributed by atoms with Gasteiger partial charge in [0.05, 0.1) is 18.2 Å². The Labute approximate surface area is 143 Å². The minimum atomic E-state index is -1.01. The molecule has 5 nitrogen and oxygen atoms in total. The maximum atomic E-state index is 13.5. The first-order valence-corrected chi connectivity index (χ1v) is 7.62. The van der Waals surface area contributed by atoms with Gasteiger partial charge < -0.3 is 15.7 Å². The van der Waals surface area contributed by atoms with Crippen molar-refractivity contribution in [3.05, 3.63) is 70.8 Å². The van der Waals surface area contributed by atoms with Crippen LogP contribution in [0.1, 0.15) is 27.6 Å². The zero-order chi connectivity index (χ0) is 18.4. The minimum absolute atomic E-state index is 0.0233. The highest BCUT2D eigenvalue weighted by Crippen LogP contribution is 2.16. The van der Waals surface area contributed by atoms with Crippen LogP contribution in [0.15, 0.2) is 42.5 Å². The van der Waals surface area contributed by atoms with Crippen LogP contribution in [0.4, 0.5) is 8.78 Å².